The Morgan fingerprint density at radius 2 is 1.97 bits per heavy atom. The molecule has 3 fully saturated rings. The van der Waals surface area contributed by atoms with Gasteiger partial charge in [0.15, 0.2) is 0 Å². The quantitative estimate of drug-likeness (QED) is 0.825. The fraction of sp³-hybridized carbons (Fsp3) is 0.714. The van der Waals surface area contributed by atoms with E-state index in [1.807, 2.05) is 0 Å². The van der Waals surface area contributed by atoms with Gasteiger partial charge in [0.05, 0.1) is 5.56 Å². The van der Waals surface area contributed by atoms with Crippen molar-refractivity contribution in [3.63, 3.8) is 0 Å². The number of hydrogen-bond acceptors (Lipinski definition) is 4. The second-order valence-electron chi connectivity index (χ2n) is 9.04. The van der Waals surface area contributed by atoms with Gasteiger partial charge in [-0.25, -0.2) is 4.98 Å². The van der Waals surface area contributed by atoms with Crippen molar-refractivity contribution in [2.24, 2.45) is 17.3 Å². The summed E-state index contributed by atoms with van der Waals surface area (Å²) in [6.07, 6.45) is -0.0167. The molecule has 0 radical (unpaired) electrons. The fourth-order valence-corrected chi connectivity index (χ4v) is 5.45. The Labute approximate surface area is 169 Å². The Morgan fingerprint density at radius 1 is 1.24 bits per heavy atom. The number of aromatic nitrogens is 1. The number of halogens is 3. The first-order valence-electron chi connectivity index (χ1n) is 10.4. The number of anilines is 1. The number of nitrogens with one attached hydrogen (secondary N) is 1. The van der Waals surface area contributed by atoms with Crippen LogP contribution in [0.4, 0.5) is 19.0 Å². The van der Waals surface area contributed by atoms with Crippen LogP contribution in [-0.4, -0.2) is 42.7 Å². The Balaban J connectivity index is 1.48. The number of fused-ring (bicyclic) bond motifs is 1. The lowest BCUT2D eigenvalue weighted by atomic mass is 9.52. The molecule has 1 aliphatic carbocycles. The molecular formula is C21H28F3N3O2. The number of hydrogen-bond donors (Lipinski definition) is 1. The van der Waals surface area contributed by atoms with Crippen LogP contribution in [0, 0.1) is 17.3 Å². The number of pyridine rings is 1. The summed E-state index contributed by atoms with van der Waals surface area (Å²) in [5.74, 6) is 0.978. The van der Waals surface area contributed by atoms with Crippen molar-refractivity contribution in [3.8, 4) is 0 Å². The van der Waals surface area contributed by atoms with Crippen LogP contribution in [0.15, 0.2) is 18.3 Å². The number of nitrogens with zero attached hydrogens (tertiary/aromatic N) is 2. The molecule has 160 valence electrons. The molecule has 1 N–H and O–H groups in total. The Morgan fingerprint density at radius 3 is 2.59 bits per heavy atom. The molecule has 2 aliphatic heterocycles. The molecule has 1 saturated carbocycles. The summed E-state index contributed by atoms with van der Waals surface area (Å²) in [5.41, 5.74) is -0.916. The van der Waals surface area contributed by atoms with E-state index in [1.54, 1.807) is 0 Å². The SMILES string of the molecule is CC1(C)C(NC(=O)C2CCOCC2)C2CCCN(c3ccc(C(F)(F)F)cn3)C21. The summed E-state index contributed by atoms with van der Waals surface area (Å²) in [4.78, 5) is 19.0. The van der Waals surface area contributed by atoms with Crippen LogP contribution < -0.4 is 10.2 Å². The molecule has 1 aromatic heterocycles. The second kappa shape index (κ2) is 7.45. The van der Waals surface area contributed by atoms with Gasteiger partial charge in [0.2, 0.25) is 5.91 Å². The summed E-state index contributed by atoms with van der Waals surface area (Å²) < 4.78 is 43.9. The first kappa shape index (κ1) is 20.4. The number of piperidine rings is 1. The average Bonchev–Trinajstić information content (AvgIpc) is 2.71. The van der Waals surface area contributed by atoms with Crippen LogP contribution in [0.1, 0.15) is 45.1 Å². The predicted octanol–water partition coefficient (Wildman–Crippen LogP) is 3.64. The Bertz CT molecular complexity index is 745. The van der Waals surface area contributed by atoms with Crippen LogP contribution in [-0.2, 0) is 15.7 Å². The zero-order chi connectivity index (χ0) is 20.8. The molecule has 0 aromatic carbocycles. The molecule has 3 atom stereocenters. The van der Waals surface area contributed by atoms with Gasteiger partial charge in [0, 0.05) is 55.3 Å². The minimum Gasteiger partial charge on any atom is -0.381 e. The maximum Gasteiger partial charge on any atom is 0.417 e. The van der Waals surface area contributed by atoms with E-state index in [4.69, 9.17) is 4.74 Å². The lowest BCUT2D eigenvalue weighted by Crippen LogP contribution is -2.75. The van der Waals surface area contributed by atoms with Gasteiger partial charge in [-0.1, -0.05) is 13.8 Å². The molecule has 3 unspecified atom stereocenters. The zero-order valence-electron chi connectivity index (χ0n) is 16.8. The number of carbonyl (C=O) groups is 1. The largest absolute Gasteiger partial charge is 0.417 e. The van der Waals surface area contributed by atoms with E-state index in [1.165, 1.54) is 6.07 Å². The smallest absolute Gasteiger partial charge is 0.381 e. The second-order valence-corrected chi connectivity index (χ2v) is 9.04. The molecule has 8 heteroatoms. The van der Waals surface area contributed by atoms with Gasteiger partial charge in [-0.3, -0.25) is 4.79 Å². The van der Waals surface area contributed by atoms with Crippen molar-refractivity contribution in [3.05, 3.63) is 23.9 Å². The number of amides is 1. The summed E-state index contributed by atoms with van der Waals surface area (Å²) in [6, 6.07) is 2.79. The molecule has 3 heterocycles. The summed E-state index contributed by atoms with van der Waals surface area (Å²) >= 11 is 0. The number of alkyl halides is 3. The van der Waals surface area contributed by atoms with E-state index >= 15 is 0 Å². The van der Waals surface area contributed by atoms with Gasteiger partial charge < -0.3 is 15.0 Å². The summed E-state index contributed by atoms with van der Waals surface area (Å²) in [7, 11) is 0. The van der Waals surface area contributed by atoms with E-state index in [-0.39, 0.29) is 35.2 Å². The summed E-state index contributed by atoms with van der Waals surface area (Å²) in [5, 5.41) is 3.29. The lowest BCUT2D eigenvalue weighted by Gasteiger charge is -2.64. The third-order valence-electron chi connectivity index (χ3n) is 6.93. The highest BCUT2D eigenvalue weighted by Gasteiger charge is 2.60. The van der Waals surface area contributed by atoms with Crippen molar-refractivity contribution in [2.45, 2.75) is 57.8 Å². The number of carbonyl (C=O) groups excluding carboxylic acids is 1. The van der Waals surface area contributed by atoms with Gasteiger partial charge >= 0.3 is 6.18 Å². The highest BCUT2D eigenvalue weighted by Crippen LogP contribution is 2.53. The van der Waals surface area contributed by atoms with Crippen molar-refractivity contribution < 1.29 is 22.7 Å². The van der Waals surface area contributed by atoms with Crippen LogP contribution in [0.5, 0.6) is 0 Å². The topological polar surface area (TPSA) is 54.5 Å². The third-order valence-corrected chi connectivity index (χ3v) is 6.93. The molecule has 0 bridgehead atoms. The third kappa shape index (κ3) is 3.71. The summed E-state index contributed by atoms with van der Waals surface area (Å²) in [6.45, 7) is 6.29. The van der Waals surface area contributed by atoms with Crippen LogP contribution in [0.2, 0.25) is 0 Å². The number of ether oxygens (including phenoxy) is 1. The standard InChI is InChI=1S/C21H28F3N3O2/c1-20(2)17(26-19(28)13-7-10-29-11-8-13)15-4-3-9-27(18(15)20)16-6-5-14(12-25-16)21(22,23)24/h5-6,12-13,15,17-18H,3-4,7-11H2,1-2H3,(H,26,28). The zero-order valence-corrected chi connectivity index (χ0v) is 16.8. The van der Waals surface area contributed by atoms with E-state index < -0.39 is 11.7 Å². The highest BCUT2D eigenvalue weighted by molar-refractivity contribution is 5.79. The maximum atomic E-state index is 12.9. The van der Waals surface area contributed by atoms with Gasteiger partial charge in [0.1, 0.15) is 5.82 Å². The molecule has 1 aromatic rings. The van der Waals surface area contributed by atoms with Crippen molar-refractivity contribution in [1.82, 2.24) is 10.3 Å². The molecule has 4 rings (SSSR count). The lowest BCUT2D eigenvalue weighted by molar-refractivity contribution is -0.137. The van der Waals surface area contributed by atoms with Crippen LogP contribution in [0.3, 0.4) is 0 Å². The van der Waals surface area contributed by atoms with E-state index in [0.29, 0.717) is 19.0 Å². The van der Waals surface area contributed by atoms with Crippen molar-refractivity contribution in [1.29, 1.82) is 0 Å². The number of rotatable bonds is 3. The molecule has 2 saturated heterocycles. The molecule has 1 amide bonds. The van der Waals surface area contributed by atoms with Crippen molar-refractivity contribution in [2.75, 3.05) is 24.7 Å². The highest BCUT2D eigenvalue weighted by atomic mass is 19.4. The fourth-order valence-electron chi connectivity index (χ4n) is 5.45. The molecule has 3 aliphatic rings. The maximum absolute atomic E-state index is 12.9. The predicted molar refractivity (Wildman–Crippen MR) is 102 cm³/mol. The van der Waals surface area contributed by atoms with Gasteiger partial charge in [0.25, 0.3) is 0 Å². The van der Waals surface area contributed by atoms with E-state index in [0.717, 1.165) is 44.5 Å². The molecule has 29 heavy (non-hydrogen) atoms. The van der Waals surface area contributed by atoms with Crippen molar-refractivity contribution >= 4 is 11.7 Å². The first-order chi connectivity index (χ1) is 13.7. The van der Waals surface area contributed by atoms with E-state index in [9.17, 15) is 18.0 Å². The molecular weight excluding hydrogens is 383 g/mol. The van der Waals surface area contributed by atoms with Gasteiger partial charge in [-0.05, 0) is 37.8 Å². The monoisotopic (exact) mass is 411 g/mol. The Hall–Kier alpha value is -1.83. The minimum atomic E-state index is -4.38. The van der Waals surface area contributed by atoms with Gasteiger partial charge in [-0.2, -0.15) is 13.2 Å². The minimum absolute atomic E-state index is 0.00914. The normalized spacial score (nSPS) is 29.7. The van der Waals surface area contributed by atoms with E-state index in [2.05, 4.69) is 29.0 Å². The Kier molecular flexibility index (Phi) is 5.25. The first-order valence-corrected chi connectivity index (χ1v) is 10.4. The van der Waals surface area contributed by atoms with Gasteiger partial charge in [-0.15, -0.1) is 0 Å². The molecule has 5 nitrogen and oxygen atoms in total. The van der Waals surface area contributed by atoms with Crippen LogP contribution in [0.25, 0.3) is 0 Å². The molecule has 0 spiro atoms. The van der Waals surface area contributed by atoms with Crippen LogP contribution >= 0.6 is 0 Å². The average molecular weight is 411 g/mol.